The van der Waals surface area contributed by atoms with E-state index in [0.717, 1.165) is 12.0 Å². The zero-order valence-electron chi connectivity index (χ0n) is 12.0. The number of carbonyl (C=O) groups is 2. The minimum atomic E-state index is -0.409. The Morgan fingerprint density at radius 1 is 1.32 bits per heavy atom. The topological polar surface area (TPSA) is 46.6 Å². The molecule has 1 amide bonds. The molecular formula is C15H21NO3. The molecule has 0 atom stereocenters. The molecule has 0 aliphatic rings. The van der Waals surface area contributed by atoms with E-state index in [4.69, 9.17) is 0 Å². The predicted octanol–water partition coefficient (Wildman–Crippen LogP) is 2.27. The van der Waals surface area contributed by atoms with Gasteiger partial charge in [-0.15, -0.1) is 0 Å². The van der Waals surface area contributed by atoms with Crippen LogP contribution in [0.5, 0.6) is 0 Å². The zero-order chi connectivity index (χ0) is 14.4. The fourth-order valence-electron chi connectivity index (χ4n) is 1.78. The lowest BCUT2D eigenvalue weighted by molar-refractivity contribution is -0.141. The molecule has 0 bridgehead atoms. The Morgan fingerprint density at radius 2 is 2.00 bits per heavy atom. The van der Waals surface area contributed by atoms with Gasteiger partial charge in [-0.05, 0) is 38.0 Å². The molecule has 104 valence electrons. The van der Waals surface area contributed by atoms with E-state index in [1.54, 1.807) is 6.07 Å². The monoisotopic (exact) mass is 263 g/mol. The molecule has 1 aromatic rings. The summed E-state index contributed by atoms with van der Waals surface area (Å²) >= 11 is 0. The lowest BCUT2D eigenvalue weighted by Gasteiger charge is -2.25. The van der Waals surface area contributed by atoms with Gasteiger partial charge in [-0.1, -0.05) is 19.1 Å². The summed E-state index contributed by atoms with van der Waals surface area (Å²) in [6, 6.07) is 7.43. The first kappa shape index (κ1) is 15.2. The Kier molecular flexibility index (Phi) is 5.55. The van der Waals surface area contributed by atoms with Crippen molar-refractivity contribution < 1.29 is 14.3 Å². The average Bonchev–Trinajstić information content (AvgIpc) is 2.43. The van der Waals surface area contributed by atoms with Crippen LogP contribution in [0, 0.1) is 0 Å². The second kappa shape index (κ2) is 6.92. The maximum atomic E-state index is 12.4. The van der Waals surface area contributed by atoms with Crippen LogP contribution in [0.25, 0.3) is 0 Å². The van der Waals surface area contributed by atoms with Crippen molar-refractivity contribution >= 4 is 11.9 Å². The molecule has 0 aliphatic heterocycles. The van der Waals surface area contributed by atoms with E-state index in [1.165, 1.54) is 12.0 Å². The first-order valence-electron chi connectivity index (χ1n) is 6.46. The molecule has 0 aliphatic carbocycles. The molecule has 0 aromatic heterocycles. The first-order chi connectivity index (χ1) is 8.99. The Hall–Kier alpha value is -1.84. The second-order valence-electron chi connectivity index (χ2n) is 4.66. The third-order valence-corrected chi connectivity index (χ3v) is 2.99. The number of amides is 1. The highest BCUT2D eigenvalue weighted by Crippen LogP contribution is 2.11. The summed E-state index contributed by atoms with van der Waals surface area (Å²) < 4.78 is 4.63. The van der Waals surface area contributed by atoms with Gasteiger partial charge in [-0.25, -0.2) is 0 Å². The molecule has 0 fully saturated rings. The van der Waals surface area contributed by atoms with Crippen LogP contribution in [0.1, 0.15) is 36.7 Å². The van der Waals surface area contributed by atoms with Crippen molar-refractivity contribution in [2.75, 3.05) is 13.7 Å². The number of ether oxygens (including phenoxy) is 1. The van der Waals surface area contributed by atoms with E-state index in [-0.39, 0.29) is 18.5 Å². The van der Waals surface area contributed by atoms with Gasteiger partial charge in [0.2, 0.25) is 0 Å². The van der Waals surface area contributed by atoms with Crippen LogP contribution < -0.4 is 0 Å². The molecule has 0 unspecified atom stereocenters. The van der Waals surface area contributed by atoms with Crippen molar-refractivity contribution in [1.29, 1.82) is 0 Å². The average molecular weight is 263 g/mol. The normalized spacial score (nSPS) is 10.4. The number of benzene rings is 1. The van der Waals surface area contributed by atoms with Crippen LogP contribution in [-0.2, 0) is 16.0 Å². The summed E-state index contributed by atoms with van der Waals surface area (Å²) in [4.78, 5) is 25.3. The second-order valence-corrected chi connectivity index (χ2v) is 4.66. The molecule has 1 aromatic carbocycles. The summed E-state index contributed by atoms with van der Waals surface area (Å²) in [7, 11) is 1.32. The van der Waals surface area contributed by atoms with Gasteiger partial charge in [0.25, 0.3) is 5.91 Å². The third-order valence-electron chi connectivity index (χ3n) is 2.99. The van der Waals surface area contributed by atoms with Crippen LogP contribution in [0.15, 0.2) is 24.3 Å². The smallest absolute Gasteiger partial charge is 0.325 e. The van der Waals surface area contributed by atoms with Crippen LogP contribution in [0.2, 0.25) is 0 Å². The van der Waals surface area contributed by atoms with E-state index in [2.05, 4.69) is 4.74 Å². The van der Waals surface area contributed by atoms with Crippen molar-refractivity contribution in [3.63, 3.8) is 0 Å². The Bertz CT molecular complexity index is 454. The Balaban J connectivity index is 2.95. The number of esters is 1. The van der Waals surface area contributed by atoms with Gasteiger partial charge in [0.05, 0.1) is 7.11 Å². The molecule has 0 heterocycles. The SMILES string of the molecule is CCc1cccc(C(=O)N(CC(=O)OC)C(C)C)c1. The zero-order valence-corrected chi connectivity index (χ0v) is 12.0. The number of rotatable bonds is 5. The molecule has 0 spiro atoms. The van der Waals surface area contributed by atoms with Gasteiger partial charge in [0, 0.05) is 11.6 Å². The van der Waals surface area contributed by atoms with Crippen LogP contribution in [-0.4, -0.2) is 36.5 Å². The van der Waals surface area contributed by atoms with E-state index in [0.29, 0.717) is 5.56 Å². The van der Waals surface area contributed by atoms with Crippen molar-refractivity contribution in [2.24, 2.45) is 0 Å². The van der Waals surface area contributed by atoms with Gasteiger partial charge >= 0.3 is 5.97 Å². The molecular weight excluding hydrogens is 242 g/mol. The lowest BCUT2D eigenvalue weighted by Crippen LogP contribution is -2.41. The number of hydrogen-bond acceptors (Lipinski definition) is 3. The van der Waals surface area contributed by atoms with Gasteiger partial charge in [0.1, 0.15) is 6.54 Å². The maximum absolute atomic E-state index is 12.4. The number of nitrogens with zero attached hydrogens (tertiary/aromatic N) is 1. The molecule has 0 saturated carbocycles. The largest absolute Gasteiger partial charge is 0.468 e. The highest BCUT2D eigenvalue weighted by atomic mass is 16.5. The quantitative estimate of drug-likeness (QED) is 0.766. The highest BCUT2D eigenvalue weighted by molar-refractivity contribution is 5.96. The number of aryl methyl sites for hydroxylation is 1. The molecule has 0 N–H and O–H groups in total. The van der Waals surface area contributed by atoms with E-state index < -0.39 is 5.97 Å². The Labute approximate surface area is 114 Å². The lowest BCUT2D eigenvalue weighted by atomic mass is 10.1. The molecule has 4 nitrogen and oxygen atoms in total. The van der Waals surface area contributed by atoms with Gasteiger partial charge in [-0.3, -0.25) is 9.59 Å². The Morgan fingerprint density at radius 3 is 2.53 bits per heavy atom. The molecule has 19 heavy (non-hydrogen) atoms. The predicted molar refractivity (Wildman–Crippen MR) is 74.0 cm³/mol. The standard InChI is InChI=1S/C15H21NO3/c1-5-12-7-6-8-13(9-12)15(18)16(11(2)3)10-14(17)19-4/h6-9,11H,5,10H2,1-4H3. The third kappa shape index (κ3) is 4.09. The fourth-order valence-corrected chi connectivity index (χ4v) is 1.78. The minimum Gasteiger partial charge on any atom is -0.468 e. The first-order valence-corrected chi connectivity index (χ1v) is 6.46. The van der Waals surface area contributed by atoms with Crippen LogP contribution in [0.3, 0.4) is 0 Å². The van der Waals surface area contributed by atoms with Crippen molar-refractivity contribution in [1.82, 2.24) is 4.90 Å². The molecule has 0 saturated heterocycles. The molecule has 0 radical (unpaired) electrons. The number of carbonyl (C=O) groups excluding carboxylic acids is 2. The molecule has 1 rings (SSSR count). The minimum absolute atomic E-state index is 0.0245. The van der Waals surface area contributed by atoms with Crippen molar-refractivity contribution in [2.45, 2.75) is 33.2 Å². The van der Waals surface area contributed by atoms with Crippen LogP contribution in [0.4, 0.5) is 0 Å². The van der Waals surface area contributed by atoms with Crippen molar-refractivity contribution in [3.8, 4) is 0 Å². The maximum Gasteiger partial charge on any atom is 0.325 e. The van der Waals surface area contributed by atoms with Gasteiger partial charge < -0.3 is 9.64 Å². The number of hydrogen-bond donors (Lipinski definition) is 0. The summed E-state index contributed by atoms with van der Waals surface area (Å²) in [5, 5.41) is 0. The highest BCUT2D eigenvalue weighted by Gasteiger charge is 2.21. The fraction of sp³-hybridized carbons (Fsp3) is 0.467. The van der Waals surface area contributed by atoms with E-state index in [9.17, 15) is 9.59 Å². The summed E-state index contributed by atoms with van der Waals surface area (Å²) in [6.45, 7) is 5.77. The van der Waals surface area contributed by atoms with E-state index in [1.807, 2.05) is 39.0 Å². The summed E-state index contributed by atoms with van der Waals surface area (Å²) in [6.07, 6.45) is 0.875. The number of methoxy groups -OCH3 is 1. The van der Waals surface area contributed by atoms with Gasteiger partial charge in [0.15, 0.2) is 0 Å². The summed E-state index contributed by atoms with van der Waals surface area (Å²) in [5.41, 5.74) is 1.71. The van der Waals surface area contributed by atoms with Gasteiger partial charge in [-0.2, -0.15) is 0 Å². The van der Waals surface area contributed by atoms with E-state index >= 15 is 0 Å². The van der Waals surface area contributed by atoms with Crippen LogP contribution >= 0.6 is 0 Å². The summed E-state index contributed by atoms with van der Waals surface area (Å²) in [5.74, 6) is -0.551. The molecule has 4 heteroatoms. The van der Waals surface area contributed by atoms with Crippen molar-refractivity contribution in [3.05, 3.63) is 35.4 Å².